The van der Waals surface area contributed by atoms with E-state index in [1.807, 2.05) is 0 Å². The second kappa shape index (κ2) is 4.79. The van der Waals surface area contributed by atoms with Crippen molar-refractivity contribution in [3.63, 3.8) is 0 Å². The second-order valence-corrected chi connectivity index (χ2v) is 5.80. The van der Waals surface area contributed by atoms with Crippen LogP contribution in [-0.2, 0) is 4.79 Å². The summed E-state index contributed by atoms with van der Waals surface area (Å²) in [5.74, 6) is 0.157. The fourth-order valence-electron chi connectivity index (χ4n) is 1.64. The van der Waals surface area contributed by atoms with Gasteiger partial charge in [0.05, 0.1) is 5.02 Å². The number of rotatable bonds is 3. The Morgan fingerprint density at radius 2 is 2.21 bits per heavy atom. The Morgan fingerprint density at radius 3 is 2.95 bits per heavy atom. The Hall–Kier alpha value is -1.66. The molecule has 1 saturated carbocycles. The number of hydrogen-bond donors (Lipinski definition) is 2. The number of halogens is 1. The van der Waals surface area contributed by atoms with Gasteiger partial charge in [-0.1, -0.05) is 22.9 Å². The Kier molecular flexibility index (Phi) is 3.12. The topological polar surface area (TPSA) is 80.9 Å². The molecule has 0 radical (unpaired) electrons. The van der Waals surface area contributed by atoms with Crippen molar-refractivity contribution < 1.29 is 4.79 Å². The number of amides is 1. The van der Waals surface area contributed by atoms with E-state index in [1.54, 1.807) is 18.2 Å². The van der Waals surface area contributed by atoms with Gasteiger partial charge in [-0.25, -0.2) is 0 Å². The van der Waals surface area contributed by atoms with Crippen molar-refractivity contribution in [3.8, 4) is 10.6 Å². The number of aromatic nitrogens is 2. The largest absolute Gasteiger partial charge is 0.399 e. The quantitative estimate of drug-likeness (QED) is 0.853. The Balaban J connectivity index is 1.83. The molecule has 0 aliphatic heterocycles. The molecule has 1 aliphatic rings. The van der Waals surface area contributed by atoms with Gasteiger partial charge < -0.3 is 11.1 Å². The van der Waals surface area contributed by atoms with Crippen LogP contribution in [0.4, 0.5) is 10.8 Å². The third kappa shape index (κ3) is 2.69. The van der Waals surface area contributed by atoms with Gasteiger partial charge in [-0.05, 0) is 31.0 Å². The third-order valence-electron chi connectivity index (χ3n) is 2.82. The molecule has 19 heavy (non-hydrogen) atoms. The number of nitrogens with zero attached hydrogens (tertiary/aromatic N) is 2. The van der Waals surface area contributed by atoms with Gasteiger partial charge in [0.2, 0.25) is 11.0 Å². The molecule has 3 N–H and O–H groups in total. The van der Waals surface area contributed by atoms with Gasteiger partial charge in [0.1, 0.15) is 0 Å². The minimum Gasteiger partial charge on any atom is -0.399 e. The van der Waals surface area contributed by atoms with Crippen LogP contribution in [0.2, 0.25) is 5.02 Å². The van der Waals surface area contributed by atoms with Crippen molar-refractivity contribution in [3.05, 3.63) is 23.2 Å². The van der Waals surface area contributed by atoms with E-state index in [0.29, 0.717) is 20.8 Å². The SMILES string of the molecule is Nc1ccc(Cl)c(-c2nnc(NC(=O)C3CC3)s2)c1. The van der Waals surface area contributed by atoms with E-state index >= 15 is 0 Å². The van der Waals surface area contributed by atoms with E-state index in [1.165, 1.54) is 11.3 Å². The summed E-state index contributed by atoms with van der Waals surface area (Å²) in [6.45, 7) is 0. The molecule has 98 valence electrons. The molecule has 0 bridgehead atoms. The highest BCUT2D eigenvalue weighted by atomic mass is 35.5. The fourth-order valence-corrected chi connectivity index (χ4v) is 2.68. The summed E-state index contributed by atoms with van der Waals surface area (Å²) in [6, 6.07) is 5.19. The number of anilines is 2. The highest BCUT2D eigenvalue weighted by molar-refractivity contribution is 7.18. The molecule has 7 heteroatoms. The van der Waals surface area contributed by atoms with E-state index in [-0.39, 0.29) is 11.8 Å². The lowest BCUT2D eigenvalue weighted by molar-refractivity contribution is -0.117. The zero-order valence-corrected chi connectivity index (χ0v) is 11.5. The Bertz CT molecular complexity index is 638. The summed E-state index contributed by atoms with van der Waals surface area (Å²) >= 11 is 7.39. The van der Waals surface area contributed by atoms with Crippen LogP contribution in [0, 0.1) is 5.92 Å². The molecule has 5 nitrogen and oxygen atoms in total. The zero-order valence-electron chi connectivity index (χ0n) is 9.89. The molecule has 0 atom stereocenters. The van der Waals surface area contributed by atoms with Gasteiger partial charge in [0, 0.05) is 17.2 Å². The van der Waals surface area contributed by atoms with E-state index in [9.17, 15) is 4.79 Å². The predicted octanol–water partition coefficient (Wildman–Crippen LogP) is 2.79. The molecular formula is C12H11ClN4OS. The first-order valence-corrected chi connectivity index (χ1v) is 7.02. The normalized spacial score (nSPS) is 14.4. The van der Waals surface area contributed by atoms with E-state index in [4.69, 9.17) is 17.3 Å². The summed E-state index contributed by atoms with van der Waals surface area (Å²) in [4.78, 5) is 11.6. The highest BCUT2D eigenvalue weighted by Gasteiger charge is 2.30. The molecule has 0 saturated heterocycles. The molecule has 1 aromatic heterocycles. The van der Waals surface area contributed by atoms with Crippen LogP contribution in [0.25, 0.3) is 10.6 Å². The molecule has 0 unspecified atom stereocenters. The average Bonchev–Trinajstić information content (AvgIpc) is 3.14. The van der Waals surface area contributed by atoms with Crippen LogP contribution in [0.5, 0.6) is 0 Å². The van der Waals surface area contributed by atoms with Crippen molar-refractivity contribution in [2.24, 2.45) is 5.92 Å². The van der Waals surface area contributed by atoms with Crippen molar-refractivity contribution >= 4 is 39.7 Å². The molecule has 3 rings (SSSR count). The smallest absolute Gasteiger partial charge is 0.229 e. The highest BCUT2D eigenvalue weighted by Crippen LogP contribution is 2.34. The maximum absolute atomic E-state index is 11.6. The lowest BCUT2D eigenvalue weighted by Gasteiger charge is -2.00. The van der Waals surface area contributed by atoms with E-state index in [0.717, 1.165) is 18.4 Å². The van der Waals surface area contributed by atoms with Crippen molar-refractivity contribution in [1.29, 1.82) is 0 Å². The molecular weight excluding hydrogens is 284 g/mol. The van der Waals surface area contributed by atoms with Gasteiger partial charge >= 0.3 is 0 Å². The summed E-state index contributed by atoms with van der Waals surface area (Å²) < 4.78 is 0. The van der Waals surface area contributed by atoms with Gasteiger partial charge in [0.15, 0.2) is 5.01 Å². The van der Waals surface area contributed by atoms with Gasteiger partial charge in [-0.15, -0.1) is 10.2 Å². The average molecular weight is 295 g/mol. The summed E-state index contributed by atoms with van der Waals surface area (Å²) in [7, 11) is 0. The molecule has 1 fully saturated rings. The Morgan fingerprint density at radius 1 is 1.42 bits per heavy atom. The summed E-state index contributed by atoms with van der Waals surface area (Å²) in [5, 5.41) is 12.4. The van der Waals surface area contributed by atoms with E-state index in [2.05, 4.69) is 15.5 Å². The standard InChI is InChI=1S/C12H11ClN4OS/c13-9-4-3-7(14)5-8(9)11-16-17-12(19-11)15-10(18)6-1-2-6/h3-6H,1-2,14H2,(H,15,17,18). The van der Waals surface area contributed by atoms with Crippen molar-refractivity contribution in [2.75, 3.05) is 11.1 Å². The molecule has 0 spiro atoms. The van der Waals surface area contributed by atoms with Crippen molar-refractivity contribution in [1.82, 2.24) is 10.2 Å². The van der Waals surface area contributed by atoms with Crippen LogP contribution in [0.15, 0.2) is 18.2 Å². The van der Waals surface area contributed by atoms with Gasteiger partial charge in [0.25, 0.3) is 0 Å². The number of nitrogens with two attached hydrogens (primary N) is 1. The minimum atomic E-state index is 0.0152. The number of benzene rings is 1. The number of hydrogen-bond acceptors (Lipinski definition) is 5. The first-order chi connectivity index (χ1) is 9.13. The first-order valence-electron chi connectivity index (χ1n) is 5.83. The fraction of sp³-hybridized carbons (Fsp3) is 0.250. The molecule has 1 aromatic carbocycles. The molecule has 2 aromatic rings. The maximum Gasteiger partial charge on any atom is 0.229 e. The van der Waals surface area contributed by atoms with Gasteiger partial charge in [-0.2, -0.15) is 0 Å². The molecule has 1 heterocycles. The minimum absolute atomic E-state index is 0.0152. The van der Waals surface area contributed by atoms with E-state index < -0.39 is 0 Å². The third-order valence-corrected chi connectivity index (χ3v) is 4.03. The molecule has 1 amide bonds. The molecule has 1 aliphatic carbocycles. The first kappa shape index (κ1) is 12.4. The van der Waals surface area contributed by atoms with Crippen LogP contribution < -0.4 is 11.1 Å². The van der Waals surface area contributed by atoms with Gasteiger partial charge in [-0.3, -0.25) is 4.79 Å². The summed E-state index contributed by atoms with van der Waals surface area (Å²) in [5.41, 5.74) is 7.07. The predicted molar refractivity (Wildman–Crippen MR) is 76.1 cm³/mol. The lowest BCUT2D eigenvalue weighted by atomic mass is 10.2. The van der Waals surface area contributed by atoms with Crippen molar-refractivity contribution in [2.45, 2.75) is 12.8 Å². The second-order valence-electron chi connectivity index (χ2n) is 4.42. The monoisotopic (exact) mass is 294 g/mol. The number of nitrogen functional groups attached to an aromatic ring is 1. The van der Waals surface area contributed by atoms with Crippen LogP contribution in [0.3, 0.4) is 0 Å². The number of carbonyl (C=O) groups is 1. The lowest BCUT2D eigenvalue weighted by Crippen LogP contribution is -2.12. The summed E-state index contributed by atoms with van der Waals surface area (Å²) in [6.07, 6.45) is 1.91. The van der Waals surface area contributed by atoms with Crippen LogP contribution in [-0.4, -0.2) is 16.1 Å². The maximum atomic E-state index is 11.6. The number of nitrogens with one attached hydrogen (secondary N) is 1. The van der Waals surface area contributed by atoms with Crippen LogP contribution in [0.1, 0.15) is 12.8 Å². The number of carbonyl (C=O) groups excluding carboxylic acids is 1. The van der Waals surface area contributed by atoms with Crippen LogP contribution >= 0.6 is 22.9 Å². The zero-order chi connectivity index (χ0) is 13.4. The Labute approximate surface area is 118 Å².